The average Bonchev–Trinajstić information content (AvgIpc) is 3.22. The van der Waals surface area contributed by atoms with Crippen LogP contribution in [-0.4, -0.2) is 22.4 Å². The van der Waals surface area contributed by atoms with Crippen molar-refractivity contribution in [1.29, 1.82) is 0 Å². The summed E-state index contributed by atoms with van der Waals surface area (Å²) in [6, 6.07) is 11.8. The molecule has 0 aliphatic heterocycles. The molecule has 0 aliphatic carbocycles. The Kier molecular flexibility index (Phi) is 3.36. The molecule has 4 rings (SSSR count). The Hall–Kier alpha value is -2.71. The van der Waals surface area contributed by atoms with Gasteiger partial charge in [0.2, 0.25) is 0 Å². The van der Waals surface area contributed by atoms with Crippen LogP contribution in [0.3, 0.4) is 0 Å². The first-order valence-electron chi connectivity index (χ1n) is 7.05. The Balaban J connectivity index is 1.94. The normalized spacial score (nSPS) is 11.8. The van der Waals surface area contributed by atoms with Gasteiger partial charge in [-0.2, -0.15) is 0 Å². The summed E-state index contributed by atoms with van der Waals surface area (Å²) >= 11 is 1.34. The highest BCUT2D eigenvalue weighted by Crippen LogP contribution is 2.31. The minimum absolute atomic E-state index is 0.215. The van der Waals surface area contributed by atoms with Crippen LogP contribution in [0.15, 0.2) is 65.1 Å². The van der Waals surface area contributed by atoms with Gasteiger partial charge in [-0.15, -0.1) is 11.3 Å². The summed E-state index contributed by atoms with van der Waals surface area (Å²) in [5.74, 6) is 0. The fourth-order valence-electron chi connectivity index (χ4n) is 2.55. The molecule has 6 nitrogen and oxygen atoms in total. The van der Waals surface area contributed by atoms with Gasteiger partial charge in [-0.05, 0) is 24.3 Å². The molecule has 120 valence electrons. The maximum absolute atomic E-state index is 12.9. The number of nitrogens with zero attached hydrogens (tertiary/aromatic N) is 3. The van der Waals surface area contributed by atoms with Gasteiger partial charge in [-0.1, -0.05) is 18.2 Å². The Morgan fingerprint density at radius 2 is 1.88 bits per heavy atom. The molecular weight excluding hydrogens is 344 g/mol. The van der Waals surface area contributed by atoms with E-state index in [0.717, 1.165) is 5.56 Å². The Morgan fingerprint density at radius 1 is 1.08 bits per heavy atom. The number of fused-ring (bicyclic) bond motifs is 1. The number of pyridine rings is 1. The minimum Gasteiger partial charge on any atom is -0.375 e. The van der Waals surface area contributed by atoms with E-state index in [1.807, 2.05) is 5.38 Å². The molecule has 0 atom stereocenters. The monoisotopic (exact) mass is 356 g/mol. The third-order valence-electron chi connectivity index (χ3n) is 3.65. The highest BCUT2D eigenvalue weighted by Gasteiger charge is 2.20. The third-order valence-corrected chi connectivity index (χ3v) is 6.01. The molecule has 24 heavy (non-hydrogen) atoms. The zero-order valence-electron chi connectivity index (χ0n) is 12.3. The van der Waals surface area contributed by atoms with E-state index in [1.54, 1.807) is 48.7 Å². The molecule has 0 bridgehead atoms. The second-order valence-electron chi connectivity index (χ2n) is 5.10. The summed E-state index contributed by atoms with van der Waals surface area (Å²) in [5.41, 5.74) is 7.57. The quantitative estimate of drug-likeness (QED) is 0.609. The van der Waals surface area contributed by atoms with E-state index in [4.69, 9.17) is 5.73 Å². The van der Waals surface area contributed by atoms with Crippen LogP contribution in [0.1, 0.15) is 0 Å². The first-order chi connectivity index (χ1) is 11.6. The fraction of sp³-hybridized carbons (Fsp3) is 0. The van der Waals surface area contributed by atoms with Crippen molar-refractivity contribution in [2.24, 2.45) is 0 Å². The Bertz CT molecular complexity index is 1130. The molecule has 0 aliphatic rings. The molecule has 4 aromatic rings. The van der Waals surface area contributed by atoms with Gasteiger partial charge >= 0.3 is 0 Å². The molecule has 0 unspecified atom stereocenters. The number of hydrogen-bond acceptors (Lipinski definition) is 6. The van der Waals surface area contributed by atoms with E-state index < -0.39 is 10.0 Å². The molecule has 0 fully saturated rings. The van der Waals surface area contributed by atoms with Gasteiger partial charge in [-0.3, -0.25) is 0 Å². The average molecular weight is 356 g/mol. The SMILES string of the molecule is Nc1nc(-c2ccnc3c2ccn3S(=O)(=O)c2ccccc2)cs1. The van der Waals surface area contributed by atoms with Crippen LogP contribution < -0.4 is 5.73 Å². The zero-order chi connectivity index (χ0) is 16.7. The summed E-state index contributed by atoms with van der Waals surface area (Å²) < 4.78 is 26.9. The van der Waals surface area contributed by atoms with Crippen molar-refractivity contribution in [3.05, 3.63) is 60.2 Å². The number of rotatable bonds is 3. The van der Waals surface area contributed by atoms with E-state index >= 15 is 0 Å². The summed E-state index contributed by atoms with van der Waals surface area (Å²) in [4.78, 5) is 8.74. The van der Waals surface area contributed by atoms with Gasteiger partial charge in [-0.25, -0.2) is 22.4 Å². The first kappa shape index (κ1) is 14.9. The molecule has 0 saturated heterocycles. The van der Waals surface area contributed by atoms with Crippen LogP contribution in [-0.2, 0) is 10.0 Å². The fourth-order valence-corrected chi connectivity index (χ4v) is 4.44. The lowest BCUT2D eigenvalue weighted by molar-refractivity contribution is 0.589. The molecule has 0 radical (unpaired) electrons. The molecule has 0 amide bonds. The van der Waals surface area contributed by atoms with E-state index in [0.29, 0.717) is 21.9 Å². The standard InChI is InChI=1S/C16H12N4O2S2/c17-16-19-14(10-23-16)12-6-8-18-15-13(12)7-9-20(15)24(21,22)11-4-2-1-3-5-11/h1-10H,(H2,17,19). The summed E-state index contributed by atoms with van der Waals surface area (Å²) in [7, 11) is -3.70. The van der Waals surface area contributed by atoms with E-state index in [2.05, 4.69) is 9.97 Å². The lowest BCUT2D eigenvalue weighted by Gasteiger charge is -2.07. The number of benzene rings is 1. The lowest BCUT2D eigenvalue weighted by atomic mass is 10.1. The van der Waals surface area contributed by atoms with E-state index in [9.17, 15) is 8.42 Å². The van der Waals surface area contributed by atoms with Crippen molar-refractivity contribution in [1.82, 2.24) is 13.9 Å². The maximum atomic E-state index is 12.9. The largest absolute Gasteiger partial charge is 0.375 e. The Morgan fingerprint density at radius 3 is 2.58 bits per heavy atom. The highest BCUT2D eigenvalue weighted by molar-refractivity contribution is 7.90. The Labute approximate surface area is 142 Å². The van der Waals surface area contributed by atoms with Crippen LogP contribution in [0.4, 0.5) is 5.13 Å². The molecule has 0 saturated carbocycles. The van der Waals surface area contributed by atoms with Crippen molar-refractivity contribution in [2.45, 2.75) is 4.90 Å². The van der Waals surface area contributed by atoms with Crippen LogP contribution in [0, 0.1) is 0 Å². The van der Waals surface area contributed by atoms with Gasteiger partial charge < -0.3 is 5.73 Å². The minimum atomic E-state index is -3.70. The number of anilines is 1. The second-order valence-corrected chi connectivity index (χ2v) is 7.80. The van der Waals surface area contributed by atoms with E-state index in [-0.39, 0.29) is 4.90 Å². The highest BCUT2D eigenvalue weighted by atomic mass is 32.2. The van der Waals surface area contributed by atoms with Crippen molar-refractivity contribution in [3.63, 3.8) is 0 Å². The maximum Gasteiger partial charge on any atom is 0.269 e. The molecule has 0 spiro atoms. The molecule has 8 heteroatoms. The first-order valence-corrected chi connectivity index (χ1v) is 9.37. The molecule has 3 aromatic heterocycles. The summed E-state index contributed by atoms with van der Waals surface area (Å²) in [5, 5.41) is 3.02. The third kappa shape index (κ3) is 2.27. The van der Waals surface area contributed by atoms with Gasteiger partial charge in [0.1, 0.15) is 0 Å². The molecular formula is C16H12N4O2S2. The summed E-state index contributed by atoms with van der Waals surface area (Å²) in [6.45, 7) is 0. The molecule has 1 aromatic carbocycles. The van der Waals surface area contributed by atoms with Crippen LogP contribution in [0.2, 0.25) is 0 Å². The second kappa shape index (κ2) is 5.43. The molecule has 3 heterocycles. The predicted octanol–water partition coefficient (Wildman–Crippen LogP) is 2.98. The van der Waals surface area contributed by atoms with E-state index in [1.165, 1.54) is 21.5 Å². The smallest absolute Gasteiger partial charge is 0.269 e. The van der Waals surface area contributed by atoms with Crippen molar-refractivity contribution < 1.29 is 8.42 Å². The van der Waals surface area contributed by atoms with Gasteiger partial charge in [0.05, 0.1) is 10.6 Å². The summed E-state index contributed by atoms with van der Waals surface area (Å²) in [6.07, 6.45) is 3.09. The van der Waals surface area contributed by atoms with Crippen molar-refractivity contribution in [3.8, 4) is 11.3 Å². The molecule has 2 N–H and O–H groups in total. The number of hydrogen-bond donors (Lipinski definition) is 1. The van der Waals surface area contributed by atoms with Gasteiger partial charge in [0.15, 0.2) is 10.8 Å². The number of thiazole rings is 1. The van der Waals surface area contributed by atoms with Crippen LogP contribution in [0.25, 0.3) is 22.3 Å². The van der Waals surface area contributed by atoms with Gasteiger partial charge in [0, 0.05) is 28.7 Å². The van der Waals surface area contributed by atoms with Crippen molar-refractivity contribution >= 4 is 37.5 Å². The number of nitrogens with two attached hydrogens (primary N) is 1. The predicted molar refractivity (Wildman–Crippen MR) is 94.3 cm³/mol. The topological polar surface area (TPSA) is 90.9 Å². The zero-order valence-corrected chi connectivity index (χ0v) is 14.0. The van der Waals surface area contributed by atoms with Crippen LogP contribution in [0.5, 0.6) is 0 Å². The van der Waals surface area contributed by atoms with Gasteiger partial charge in [0.25, 0.3) is 10.0 Å². The van der Waals surface area contributed by atoms with Crippen LogP contribution >= 0.6 is 11.3 Å². The number of nitrogen functional groups attached to an aromatic ring is 1. The lowest BCUT2D eigenvalue weighted by Crippen LogP contribution is -2.12. The van der Waals surface area contributed by atoms with Crippen molar-refractivity contribution in [2.75, 3.05) is 5.73 Å². The number of aromatic nitrogens is 3.